The minimum Gasteiger partial charge on any atom is -0.494 e. The summed E-state index contributed by atoms with van der Waals surface area (Å²) in [5.41, 5.74) is 1.53. The highest BCUT2D eigenvalue weighted by Crippen LogP contribution is 2.28. The largest absolute Gasteiger partial charge is 0.494 e. The first kappa shape index (κ1) is 16.5. The van der Waals surface area contributed by atoms with Crippen LogP contribution in [0.5, 0.6) is 5.75 Å². The van der Waals surface area contributed by atoms with Gasteiger partial charge in [0.05, 0.1) is 6.61 Å². The fourth-order valence-corrected chi connectivity index (χ4v) is 1.95. The third-order valence-electron chi connectivity index (χ3n) is 3.82. The SMILES string of the molecule is CCC(C)(C)c1ccc(OCCCCCC(=O)O)cc1. The molecule has 20 heavy (non-hydrogen) atoms. The Labute approximate surface area is 122 Å². The summed E-state index contributed by atoms with van der Waals surface area (Å²) in [7, 11) is 0. The summed E-state index contributed by atoms with van der Waals surface area (Å²) in [6.07, 6.45) is 3.88. The van der Waals surface area contributed by atoms with Gasteiger partial charge in [-0.05, 0) is 48.8 Å². The molecule has 0 aromatic heterocycles. The number of benzene rings is 1. The zero-order chi connectivity index (χ0) is 15.0. The van der Waals surface area contributed by atoms with Gasteiger partial charge in [0.15, 0.2) is 0 Å². The topological polar surface area (TPSA) is 46.5 Å². The highest BCUT2D eigenvalue weighted by atomic mass is 16.5. The molecular formula is C17H26O3. The Kier molecular flexibility index (Phi) is 6.56. The maximum Gasteiger partial charge on any atom is 0.303 e. The van der Waals surface area contributed by atoms with Gasteiger partial charge in [-0.2, -0.15) is 0 Å². The highest BCUT2D eigenvalue weighted by molar-refractivity contribution is 5.66. The fraction of sp³-hybridized carbons (Fsp3) is 0.588. The van der Waals surface area contributed by atoms with Crippen LogP contribution in [0.3, 0.4) is 0 Å². The predicted molar refractivity (Wildman–Crippen MR) is 81.4 cm³/mol. The number of carbonyl (C=O) groups is 1. The molecule has 112 valence electrons. The summed E-state index contributed by atoms with van der Waals surface area (Å²) >= 11 is 0. The van der Waals surface area contributed by atoms with Crippen molar-refractivity contribution in [2.45, 2.75) is 58.3 Å². The summed E-state index contributed by atoms with van der Waals surface area (Å²) < 4.78 is 5.67. The molecule has 0 amide bonds. The molecule has 0 saturated heterocycles. The molecule has 1 rings (SSSR count). The molecule has 3 nitrogen and oxygen atoms in total. The summed E-state index contributed by atoms with van der Waals surface area (Å²) in [4.78, 5) is 10.4. The highest BCUT2D eigenvalue weighted by Gasteiger charge is 2.17. The van der Waals surface area contributed by atoms with Crippen molar-refractivity contribution in [3.8, 4) is 5.75 Å². The lowest BCUT2D eigenvalue weighted by Crippen LogP contribution is -2.15. The molecule has 0 aliphatic heterocycles. The molecule has 0 unspecified atom stereocenters. The summed E-state index contributed by atoms with van der Waals surface area (Å²) in [6, 6.07) is 8.29. The quantitative estimate of drug-likeness (QED) is 0.681. The van der Waals surface area contributed by atoms with Crippen molar-refractivity contribution in [3.63, 3.8) is 0 Å². The predicted octanol–water partition coefficient (Wildman–Crippen LogP) is 4.40. The van der Waals surface area contributed by atoms with Crippen molar-refractivity contribution in [1.29, 1.82) is 0 Å². The van der Waals surface area contributed by atoms with E-state index >= 15 is 0 Å². The first-order chi connectivity index (χ1) is 9.45. The Morgan fingerprint density at radius 3 is 2.35 bits per heavy atom. The Morgan fingerprint density at radius 1 is 1.15 bits per heavy atom. The molecule has 0 saturated carbocycles. The molecule has 1 aromatic rings. The van der Waals surface area contributed by atoms with E-state index in [4.69, 9.17) is 9.84 Å². The van der Waals surface area contributed by atoms with Gasteiger partial charge in [-0.3, -0.25) is 4.79 Å². The molecule has 0 radical (unpaired) electrons. The third kappa shape index (κ3) is 5.64. The van der Waals surface area contributed by atoms with Crippen LogP contribution in [0.25, 0.3) is 0 Å². The smallest absolute Gasteiger partial charge is 0.303 e. The number of hydrogen-bond acceptors (Lipinski definition) is 2. The van der Waals surface area contributed by atoms with Crippen molar-refractivity contribution < 1.29 is 14.6 Å². The van der Waals surface area contributed by atoms with Gasteiger partial charge in [-0.1, -0.05) is 32.9 Å². The number of aliphatic carboxylic acids is 1. The van der Waals surface area contributed by atoms with Gasteiger partial charge < -0.3 is 9.84 Å². The third-order valence-corrected chi connectivity index (χ3v) is 3.82. The molecule has 0 heterocycles. The van der Waals surface area contributed by atoms with Crippen LogP contribution in [-0.4, -0.2) is 17.7 Å². The summed E-state index contributed by atoms with van der Waals surface area (Å²) in [5.74, 6) is 0.166. The van der Waals surface area contributed by atoms with Crippen LogP contribution in [0.4, 0.5) is 0 Å². The Bertz CT molecular complexity index is 407. The second kappa shape index (κ2) is 7.93. The van der Waals surface area contributed by atoms with E-state index in [9.17, 15) is 4.79 Å². The molecule has 0 aliphatic carbocycles. The van der Waals surface area contributed by atoms with E-state index in [1.807, 2.05) is 12.1 Å². The maximum absolute atomic E-state index is 10.4. The second-order valence-electron chi connectivity index (χ2n) is 5.81. The molecule has 0 aliphatic rings. The van der Waals surface area contributed by atoms with Crippen LogP contribution < -0.4 is 4.74 Å². The molecule has 0 fully saturated rings. The van der Waals surface area contributed by atoms with Gasteiger partial charge in [0.25, 0.3) is 0 Å². The number of ether oxygens (including phenoxy) is 1. The number of unbranched alkanes of at least 4 members (excludes halogenated alkanes) is 2. The Hall–Kier alpha value is -1.51. The monoisotopic (exact) mass is 278 g/mol. The molecule has 1 aromatic carbocycles. The minimum atomic E-state index is -0.722. The minimum absolute atomic E-state index is 0.204. The van der Waals surface area contributed by atoms with Gasteiger partial charge in [0.2, 0.25) is 0 Å². The number of carboxylic acids is 1. The molecule has 0 bridgehead atoms. The number of hydrogen-bond donors (Lipinski definition) is 1. The molecule has 0 spiro atoms. The zero-order valence-electron chi connectivity index (χ0n) is 12.8. The van der Waals surface area contributed by atoms with Crippen LogP contribution in [0.1, 0.15) is 58.4 Å². The summed E-state index contributed by atoms with van der Waals surface area (Å²) in [5, 5.41) is 8.53. The normalized spacial score (nSPS) is 11.3. The summed E-state index contributed by atoms with van der Waals surface area (Å²) in [6.45, 7) is 7.33. The van der Waals surface area contributed by atoms with Crippen molar-refractivity contribution in [2.75, 3.05) is 6.61 Å². The van der Waals surface area contributed by atoms with Crippen molar-refractivity contribution in [1.82, 2.24) is 0 Å². The van der Waals surface area contributed by atoms with E-state index in [0.717, 1.165) is 31.4 Å². The van der Waals surface area contributed by atoms with Crippen LogP contribution in [0, 0.1) is 0 Å². The molecule has 0 atom stereocenters. The first-order valence-electron chi connectivity index (χ1n) is 7.41. The van der Waals surface area contributed by atoms with E-state index in [2.05, 4.69) is 32.9 Å². The van der Waals surface area contributed by atoms with Crippen molar-refractivity contribution in [2.24, 2.45) is 0 Å². The first-order valence-corrected chi connectivity index (χ1v) is 7.41. The average molecular weight is 278 g/mol. The maximum atomic E-state index is 10.4. The lowest BCUT2D eigenvalue weighted by Gasteiger charge is -2.23. The lowest BCUT2D eigenvalue weighted by molar-refractivity contribution is -0.137. The van der Waals surface area contributed by atoms with E-state index < -0.39 is 5.97 Å². The van der Waals surface area contributed by atoms with Crippen molar-refractivity contribution >= 4 is 5.97 Å². The van der Waals surface area contributed by atoms with Crippen molar-refractivity contribution in [3.05, 3.63) is 29.8 Å². The van der Waals surface area contributed by atoms with Crippen LogP contribution in [0.2, 0.25) is 0 Å². The van der Waals surface area contributed by atoms with Gasteiger partial charge in [0.1, 0.15) is 5.75 Å². The lowest BCUT2D eigenvalue weighted by atomic mass is 9.82. The van der Waals surface area contributed by atoms with Crippen LogP contribution >= 0.6 is 0 Å². The number of carboxylic acid groups (broad SMARTS) is 1. The van der Waals surface area contributed by atoms with Crippen LogP contribution in [0.15, 0.2) is 24.3 Å². The Morgan fingerprint density at radius 2 is 1.80 bits per heavy atom. The van der Waals surface area contributed by atoms with Gasteiger partial charge >= 0.3 is 5.97 Å². The number of rotatable bonds is 9. The standard InChI is InChI=1S/C17H26O3/c1-4-17(2,3)14-9-11-15(12-10-14)20-13-7-5-6-8-16(18)19/h9-12H,4-8,13H2,1-3H3,(H,18,19). The van der Waals surface area contributed by atoms with E-state index in [0.29, 0.717) is 6.61 Å². The van der Waals surface area contributed by atoms with Crippen LogP contribution in [-0.2, 0) is 10.2 Å². The van der Waals surface area contributed by atoms with E-state index in [-0.39, 0.29) is 11.8 Å². The fourth-order valence-electron chi connectivity index (χ4n) is 1.95. The molecule has 1 N–H and O–H groups in total. The van der Waals surface area contributed by atoms with Gasteiger partial charge in [0, 0.05) is 6.42 Å². The second-order valence-corrected chi connectivity index (χ2v) is 5.81. The molecule has 3 heteroatoms. The molecular weight excluding hydrogens is 252 g/mol. The average Bonchev–Trinajstić information content (AvgIpc) is 2.43. The van der Waals surface area contributed by atoms with E-state index in [1.165, 1.54) is 5.56 Å². The Balaban J connectivity index is 2.30. The van der Waals surface area contributed by atoms with E-state index in [1.54, 1.807) is 0 Å². The van der Waals surface area contributed by atoms with Gasteiger partial charge in [-0.25, -0.2) is 0 Å². The van der Waals surface area contributed by atoms with Gasteiger partial charge in [-0.15, -0.1) is 0 Å². The zero-order valence-corrected chi connectivity index (χ0v) is 12.8.